The summed E-state index contributed by atoms with van der Waals surface area (Å²) in [5, 5.41) is 9.94. The van der Waals surface area contributed by atoms with Gasteiger partial charge in [-0.05, 0) is 51.9 Å². The molecule has 1 heterocycles. The minimum atomic E-state index is -1.04. The van der Waals surface area contributed by atoms with Crippen molar-refractivity contribution in [3.63, 3.8) is 0 Å². The number of ether oxygens (including phenoxy) is 1. The van der Waals surface area contributed by atoms with Crippen LogP contribution in [-0.2, 0) is 10.3 Å². The number of aryl methyl sites for hydroxylation is 1. The molecule has 0 radical (unpaired) electrons. The first kappa shape index (κ1) is 15.8. The lowest BCUT2D eigenvalue weighted by atomic mass is 9.87. The van der Waals surface area contributed by atoms with Gasteiger partial charge in [0.2, 0.25) is 0 Å². The number of carboxylic acids is 1. The monoisotopic (exact) mass is 291 g/mol. The van der Waals surface area contributed by atoms with E-state index in [4.69, 9.17) is 4.74 Å². The average molecular weight is 291 g/mol. The van der Waals surface area contributed by atoms with Gasteiger partial charge in [-0.25, -0.2) is 4.79 Å². The van der Waals surface area contributed by atoms with Gasteiger partial charge < -0.3 is 9.84 Å². The highest BCUT2D eigenvalue weighted by molar-refractivity contribution is 5.81. The molecule has 0 aliphatic carbocycles. The summed E-state index contributed by atoms with van der Waals surface area (Å²) in [6.07, 6.45) is 4.46. The first-order valence-electron chi connectivity index (χ1n) is 7.63. The average Bonchev–Trinajstić information content (AvgIpc) is 2.75. The maximum absolute atomic E-state index is 12.1. The lowest BCUT2D eigenvalue weighted by molar-refractivity contribution is -0.151. The second kappa shape index (κ2) is 6.48. The van der Waals surface area contributed by atoms with Gasteiger partial charge in [0, 0.05) is 5.56 Å². The van der Waals surface area contributed by atoms with E-state index in [-0.39, 0.29) is 0 Å². The molecule has 1 aromatic carbocycles. The summed E-state index contributed by atoms with van der Waals surface area (Å²) in [6.45, 7) is 5.42. The second-order valence-electron chi connectivity index (χ2n) is 5.98. The molecule has 0 spiro atoms. The Kier molecular flexibility index (Phi) is 4.88. The first-order chi connectivity index (χ1) is 10.00. The van der Waals surface area contributed by atoms with Crippen LogP contribution in [0.25, 0.3) is 0 Å². The predicted molar refractivity (Wildman–Crippen MR) is 82.8 cm³/mol. The maximum atomic E-state index is 12.1. The third kappa shape index (κ3) is 3.05. The van der Waals surface area contributed by atoms with Crippen LogP contribution in [0.4, 0.5) is 0 Å². The molecule has 1 aliphatic rings. The summed E-state index contributed by atoms with van der Waals surface area (Å²) in [5.74, 6) is -0.164. The smallest absolute Gasteiger partial charge is 0.328 e. The number of aliphatic carboxylic acids is 1. The molecule has 1 fully saturated rings. The van der Waals surface area contributed by atoms with E-state index in [1.54, 1.807) is 14.0 Å². The van der Waals surface area contributed by atoms with Crippen LogP contribution in [0.5, 0.6) is 5.75 Å². The number of hydrogen-bond donors (Lipinski definition) is 1. The van der Waals surface area contributed by atoms with E-state index in [2.05, 4.69) is 4.90 Å². The largest absolute Gasteiger partial charge is 0.496 e. The maximum Gasteiger partial charge on any atom is 0.328 e. The van der Waals surface area contributed by atoms with Gasteiger partial charge in [-0.15, -0.1) is 0 Å². The molecule has 116 valence electrons. The number of methoxy groups -OCH3 is 1. The number of carbonyl (C=O) groups is 1. The van der Waals surface area contributed by atoms with Gasteiger partial charge in [0.25, 0.3) is 0 Å². The summed E-state index contributed by atoms with van der Waals surface area (Å²) in [4.78, 5) is 14.2. The zero-order chi connectivity index (χ0) is 15.5. The van der Waals surface area contributed by atoms with Gasteiger partial charge >= 0.3 is 5.97 Å². The predicted octanol–water partition coefficient (Wildman–Crippen LogP) is 3.18. The van der Waals surface area contributed by atoms with E-state index >= 15 is 0 Å². The van der Waals surface area contributed by atoms with Gasteiger partial charge in [-0.3, -0.25) is 4.90 Å². The lowest BCUT2D eigenvalue weighted by Crippen LogP contribution is -2.50. The van der Waals surface area contributed by atoms with Crippen molar-refractivity contribution in [2.24, 2.45) is 0 Å². The quantitative estimate of drug-likeness (QED) is 0.925. The molecular formula is C17H25NO3. The Bertz CT molecular complexity index is 507. The van der Waals surface area contributed by atoms with E-state index in [9.17, 15) is 9.90 Å². The molecular weight excluding hydrogens is 266 g/mol. The van der Waals surface area contributed by atoms with Crippen LogP contribution in [0.3, 0.4) is 0 Å². The highest BCUT2D eigenvalue weighted by atomic mass is 16.5. The second-order valence-corrected chi connectivity index (χ2v) is 5.98. The molecule has 1 N–H and O–H groups in total. The highest BCUT2D eigenvalue weighted by Gasteiger charge is 2.43. The fourth-order valence-corrected chi connectivity index (χ4v) is 3.14. The number of benzene rings is 1. The third-order valence-corrected chi connectivity index (χ3v) is 4.53. The molecule has 0 amide bonds. The van der Waals surface area contributed by atoms with Crippen LogP contribution in [0.1, 0.15) is 43.7 Å². The van der Waals surface area contributed by atoms with E-state index in [0.717, 1.165) is 37.1 Å². The van der Waals surface area contributed by atoms with Gasteiger partial charge in [0.15, 0.2) is 0 Å². The molecule has 4 heteroatoms. The van der Waals surface area contributed by atoms with Crippen molar-refractivity contribution in [2.45, 2.75) is 45.1 Å². The molecule has 1 aliphatic heterocycles. The van der Waals surface area contributed by atoms with Gasteiger partial charge in [-0.1, -0.05) is 24.5 Å². The van der Waals surface area contributed by atoms with Crippen LogP contribution in [0.15, 0.2) is 18.2 Å². The molecule has 0 bridgehead atoms. The van der Waals surface area contributed by atoms with E-state index in [1.165, 1.54) is 12.8 Å². The van der Waals surface area contributed by atoms with Gasteiger partial charge in [0.05, 0.1) is 7.11 Å². The van der Waals surface area contributed by atoms with E-state index < -0.39 is 11.5 Å². The first-order valence-corrected chi connectivity index (χ1v) is 7.63. The van der Waals surface area contributed by atoms with E-state index in [0.29, 0.717) is 5.75 Å². The molecule has 1 aromatic rings. The standard InChI is InChI=1S/C17H25NO3/c1-13-8-9-15(21-3)14(12-13)17(2,16(19)20)18-10-6-4-5-7-11-18/h8-9,12H,4-7,10-11H2,1-3H3,(H,19,20). The molecule has 1 unspecified atom stereocenters. The lowest BCUT2D eigenvalue weighted by Gasteiger charge is -2.38. The van der Waals surface area contributed by atoms with Crippen LogP contribution in [0.2, 0.25) is 0 Å². The van der Waals surface area contributed by atoms with Crippen LogP contribution < -0.4 is 4.74 Å². The molecule has 2 rings (SSSR count). The Morgan fingerprint density at radius 3 is 2.38 bits per heavy atom. The topological polar surface area (TPSA) is 49.8 Å². The van der Waals surface area contributed by atoms with Crippen LogP contribution in [0, 0.1) is 6.92 Å². The fourth-order valence-electron chi connectivity index (χ4n) is 3.14. The summed E-state index contributed by atoms with van der Waals surface area (Å²) in [6, 6.07) is 5.76. The summed E-state index contributed by atoms with van der Waals surface area (Å²) in [7, 11) is 1.60. The van der Waals surface area contributed by atoms with Crippen molar-refractivity contribution >= 4 is 5.97 Å². The molecule has 21 heavy (non-hydrogen) atoms. The zero-order valence-corrected chi connectivity index (χ0v) is 13.2. The molecule has 4 nitrogen and oxygen atoms in total. The Balaban J connectivity index is 2.50. The Morgan fingerprint density at radius 2 is 1.86 bits per heavy atom. The minimum absolute atomic E-state index is 0.648. The van der Waals surface area contributed by atoms with Crippen molar-refractivity contribution in [1.82, 2.24) is 4.90 Å². The highest BCUT2D eigenvalue weighted by Crippen LogP contribution is 2.37. The van der Waals surface area contributed by atoms with Crippen LogP contribution >= 0.6 is 0 Å². The van der Waals surface area contributed by atoms with Crippen molar-refractivity contribution in [2.75, 3.05) is 20.2 Å². The van der Waals surface area contributed by atoms with Crippen LogP contribution in [-0.4, -0.2) is 36.2 Å². The summed E-state index contributed by atoms with van der Waals surface area (Å²) >= 11 is 0. The molecule has 1 saturated heterocycles. The summed E-state index contributed by atoms with van der Waals surface area (Å²) < 4.78 is 5.43. The van der Waals surface area contributed by atoms with Crippen molar-refractivity contribution in [3.8, 4) is 5.75 Å². The molecule has 0 aromatic heterocycles. The Morgan fingerprint density at radius 1 is 1.24 bits per heavy atom. The van der Waals surface area contributed by atoms with Crippen molar-refractivity contribution in [1.29, 1.82) is 0 Å². The SMILES string of the molecule is COc1ccc(C)cc1C(C)(C(=O)O)N1CCCCCC1. The van der Waals surface area contributed by atoms with Crippen molar-refractivity contribution in [3.05, 3.63) is 29.3 Å². The number of carboxylic acid groups (broad SMARTS) is 1. The minimum Gasteiger partial charge on any atom is -0.496 e. The fraction of sp³-hybridized carbons (Fsp3) is 0.588. The van der Waals surface area contributed by atoms with E-state index in [1.807, 2.05) is 25.1 Å². The van der Waals surface area contributed by atoms with Crippen molar-refractivity contribution < 1.29 is 14.6 Å². The van der Waals surface area contributed by atoms with Gasteiger partial charge in [0.1, 0.15) is 11.3 Å². The summed E-state index contributed by atoms with van der Waals surface area (Å²) in [5.41, 5.74) is 0.759. The zero-order valence-electron chi connectivity index (χ0n) is 13.2. The van der Waals surface area contributed by atoms with Gasteiger partial charge in [-0.2, -0.15) is 0 Å². The number of nitrogens with zero attached hydrogens (tertiary/aromatic N) is 1. The molecule has 0 saturated carbocycles. The molecule has 1 atom stereocenters. The Labute approximate surface area is 126 Å². The Hall–Kier alpha value is -1.55. The number of hydrogen-bond acceptors (Lipinski definition) is 3. The number of likely N-dealkylation sites (tertiary alicyclic amines) is 1. The number of rotatable bonds is 4. The third-order valence-electron chi connectivity index (χ3n) is 4.53. The normalized spacial score (nSPS) is 19.6.